The molecule has 2 N–H and O–H groups in total. The van der Waals surface area contributed by atoms with E-state index in [4.69, 9.17) is 0 Å². The average molecular weight is 344 g/mol. The third-order valence-corrected chi connectivity index (χ3v) is 6.54. The molecule has 1 saturated carbocycles. The van der Waals surface area contributed by atoms with Crippen LogP contribution < -0.4 is 10.6 Å². The number of aliphatic imine (C=N–C) groups is 1. The third-order valence-electron chi connectivity index (χ3n) is 4.60. The van der Waals surface area contributed by atoms with E-state index in [1.54, 1.807) is 7.05 Å². The Kier molecular flexibility index (Phi) is 9.18. The van der Waals surface area contributed by atoms with Crippen molar-refractivity contribution >= 4 is 16.8 Å². The highest BCUT2D eigenvalue weighted by molar-refractivity contribution is 7.86. The van der Waals surface area contributed by atoms with Crippen LogP contribution in [0, 0.1) is 5.92 Å². The van der Waals surface area contributed by atoms with Crippen molar-refractivity contribution in [1.82, 2.24) is 10.6 Å². The van der Waals surface area contributed by atoms with Gasteiger partial charge in [0.1, 0.15) is 0 Å². The fourth-order valence-electron chi connectivity index (χ4n) is 3.03. The smallest absolute Gasteiger partial charge is 0.191 e. The van der Waals surface area contributed by atoms with Gasteiger partial charge in [0.25, 0.3) is 0 Å². The predicted molar refractivity (Wildman–Crippen MR) is 103 cm³/mol. The summed E-state index contributed by atoms with van der Waals surface area (Å²) in [7, 11) is 0.975. The summed E-state index contributed by atoms with van der Waals surface area (Å²) < 4.78 is 11.9. The number of hydrogen-bond donors (Lipinski definition) is 2. The fraction of sp³-hybridized carbons (Fsp3) is 0.944. The topological polar surface area (TPSA) is 53.5 Å². The Morgan fingerprint density at radius 1 is 1.26 bits per heavy atom. The molecule has 1 rings (SSSR count). The molecule has 0 aromatic rings. The molecule has 0 aromatic heterocycles. The van der Waals surface area contributed by atoms with E-state index in [0.29, 0.717) is 18.3 Å². The minimum absolute atomic E-state index is 0.147. The van der Waals surface area contributed by atoms with Gasteiger partial charge in [0.15, 0.2) is 5.96 Å². The standard InChI is InChI=1S/C18H37N3OS/c1-15(11-12-16-9-7-6-8-10-16)21-17(19-5)20-13-14-23(22)18(2,3)4/h15-16H,6-14H2,1-5H3,(H2,19,20,21). The summed E-state index contributed by atoms with van der Waals surface area (Å²) in [6.07, 6.45) is 9.60. The van der Waals surface area contributed by atoms with Crippen molar-refractivity contribution in [2.24, 2.45) is 10.9 Å². The van der Waals surface area contributed by atoms with Crippen molar-refractivity contribution in [3.05, 3.63) is 0 Å². The monoisotopic (exact) mass is 343 g/mol. The lowest BCUT2D eigenvalue weighted by Gasteiger charge is -2.24. The van der Waals surface area contributed by atoms with Crippen molar-refractivity contribution in [3.63, 3.8) is 0 Å². The van der Waals surface area contributed by atoms with Crippen molar-refractivity contribution in [2.75, 3.05) is 19.3 Å². The highest BCUT2D eigenvalue weighted by Gasteiger charge is 2.19. The third kappa shape index (κ3) is 8.73. The quantitative estimate of drug-likeness (QED) is 0.550. The number of nitrogens with zero attached hydrogens (tertiary/aromatic N) is 1. The minimum atomic E-state index is -0.821. The Morgan fingerprint density at radius 3 is 2.48 bits per heavy atom. The summed E-state index contributed by atoms with van der Waals surface area (Å²) in [6, 6.07) is 0.427. The highest BCUT2D eigenvalue weighted by atomic mass is 32.2. The lowest BCUT2D eigenvalue weighted by atomic mass is 9.85. The zero-order chi connectivity index (χ0) is 17.3. The summed E-state index contributed by atoms with van der Waals surface area (Å²) >= 11 is 0. The first-order valence-electron chi connectivity index (χ1n) is 9.18. The van der Waals surface area contributed by atoms with Gasteiger partial charge < -0.3 is 10.6 Å². The highest BCUT2D eigenvalue weighted by Crippen LogP contribution is 2.27. The van der Waals surface area contributed by atoms with Gasteiger partial charge in [-0.05, 0) is 46.5 Å². The molecule has 2 unspecified atom stereocenters. The first kappa shape index (κ1) is 20.5. The molecule has 0 bridgehead atoms. The molecular formula is C18H37N3OS. The average Bonchev–Trinajstić information content (AvgIpc) is 2.51. The molecule has 0 aromatic carbocycles. The Bertz CT molecular complexity index is 384. The molecule has 1 aliphatic carbocycles. The summed E-state index contributed by atoms with van der Waals surface area (Å²) in [6.45, 7) is 8.97. The number of nitrogens with one attached hydrogen (secondary N) is 2. The maximum absolute atomic E-state index is 12.0. The molecule has 1 aliphatic rings. The minimum Gasteiger partial charge on any atom is -0.355 e. The van der Waals surface area contributed by atoms with Crippen LogP contribution >= 0.6 is 0 Å². The van der Waals surface area contributed by atoms with Crippen LogP contribution in [0.5, 0.6) is 0 Å². The van der Waals surface area contributed by atoms with E-state index in [1.807, 2.05) is 20.8 Å². The molecule has 5 heteroatoms. The van der Waals surface area contributed by atoms with Gasteiger partial charge in [-0.25, -0.2) is 0 Å². The van der Waals surface area contributed by atoms with Gasteiger partial charge in [0.2, 0.25) is 0 Å². The molecular weight excluding hydrogens is 306 g/mol. The lowest BCUT2D eigenvalue weighted by Crippen LogP contribution is -2.44. The van der Waals surface area contributed by atoms with E-state index >= 15 is 0 Å². The van der Waals surface area contributed by atoms with Crippen molar-refractivity contribution in [2.45, 2.75) is 83.4 Å². The van der Waals surface area contributed by atoms with Crippen LogP contribution in [0.2, 0.25) is 0 Å². The molecule has 0 saturated heterocycles. The van der Waals surface area contributed by atoms with Gasteiger partial charge in [0, 0.05) is 40.9 Å². The Hall–Kier alpha value is -0.580. The molecule has 136 valence electrons. The van der Waals surface area contributed by atoms with Crippen LogP contribution in [-0.4, -0.2) is 40.3 Å². The van der Waals surface area contributed by atoms with Crippen LogP contribution in [0.4, 0.5) is 0 Å². The van der Waals surface area contributed by atoms with E-state index in [-0.39, 0.29) is 4.75 Å². The molecule has 4 nitrogen and oxygen atoms in total. The zero-order valence-electron chi connectivity index (χ0n) is 15.8. The Morgan fingerprint density at radius 2 is 1.91 bits per heavy atom. The van der Waals surface area contributed by atoms with Gasteiger partial charge >= 0.3 is 0 Å². The molecule has 0 spiro atoms. The van der Waals surface area contributed by atoms with Crippen LogP contribution in [0.3, 0.4) is 0 Å². The molecule has 1 fully saturated rings. The largest absolute Gasteiger partial charge is 0.355 e. The Labute approximate surface area is 145 Å². The second-order valence-corrected chi connectivity index (χ2v) is 10.1. The summed E-state index contributed by atoms with van der Waals surface area (Å²) in [4.78, 5) is 4.28. The van der Waals surface area contributed by atoms with Crippen LogP contribution in [0.25, 0.3) is 0 Å². The van der Waals surface area contributed by atoms with Crippen LogP contribution in [-0.2, 0) is 10.8 Å². The predicted octanol–water partition coefficient (Wildman–Crippen LogP) is 3.45. The Balaban J connectivity index is 2.22. The zero-order valence-corrected chi connectivity index (χ0v) is 16.6. The van der Waals surface area contributed by atoms with Crippen LogP contribution in [0.1, 0.15) is 72.6 Å². The summed E-state index contributed by atoms with van der Waals surface area (Å²) in [5.74, 6) is 2.41. The maximum Gasteiger partial charge on any atom is 0.191 e. The van der Waals surface area contributed by atoms with E-state index < -0.39 is 10.8 Å². The van der Waals surface area contributed by atoms with E-state index in [0.717, 1.165) is 11.9 Å². The number of guanidine groups is 1. The lowest BCUT2D eigenvalue weighted by molar-refractivity contribution is 0.322. The van der Waals surface area contributed by atoms with Gasteiger partial charge in [-0.1, -0.05) is 32.1 Å². The first-order valence-corrected chi connectivity index (χ1v) is 10.5. The van der Waals surface area contributed by atoms with Crippen molar-refractivity contribution < 1.29 is 4.21 Å². The van der Waals surface area contributed by atoms with Crippen LogP contribution in [0.15, 0.2) is 4.99 Å². The SMILES string of the molecule is CN=C(NCCS(=O)C(C)(C)C)NC(C)CCC1CCCCC1. The van der Waals surface area contributed by atoms with Crippen molar-refractivity contribution in [3.8, 4) is 0 Å². The van der Waals surface area contributed by atoms with Crippen molar-refractivity contribution in [1.29, 1.82) is 0 Å². The van der Waals surface area contributed by atoms with Gasteiger partial charge in [-0.15, -0.1) is 0 Å². The summed E-state index contributed by atoms with van der Waals surface area (Å²) in [5, 5.41) is 6.75. The maximum atomic E-state index is 12.0. The van der Waals surface area contributed by atoms with Gasteiger partial charge in [-0.2, -0.15) is 0 Å². The van der Waals surface area contributed by atoms with Gasteiger partial charge in [0.05, 0.1) is 0 Å². The van der Waals surface area contributed by atoms with E-state index in [1.165, 1.54) is 44.9 Å². The summed E-state index contributed by atoms with van der Waals surface area (Å²) in [5.41, 5.74) is 0. The molecule has 2 atom stereocenters. The molecule has 0 heterocycles. The molecule has 0 radical (unpaired) electrons. The molecule has 23 heavy (non-hydrogen) atoms. The van der Waals surface area contributed by atoms with E-state index in [2.05, 4.69) is 22.5 Å². The van der Waals surface area contributed by atoms with E-state index in [9.17, 15) is 4.21 Å². The fourth-order valence-corrected chi connectivity index (χ4v) is 3.93. The second-order valence-electron chi connectivity index (χ2n) is 7.79. The number of rotatable bonds is 7. The number of hydrogen-bond acceptors (Lipinski definition) is 2. The first-order chi connectivity index (χ1) is 10.8. The molecule has 0 amide bonds. The molecule has 0 aliphatic heterocycles. The normalized spacial score (nSPS) is 20.1. The second kappa shape index (κ2) is 10.3. The van der Waals surface area contributed by atoms with Gasteiger partial charge in [-0.3, -0.25) is 9.20 Å².